The molecular weight excluding hydrogens is 154 g/mol. The third kappa shape index (κ3) is 2.66. The van der Waals surface area contributed by atoms with Gasteiger partial charge in [0.2, 0.25) is 0 Å². The van der Waals surface area contributed by atoms with Crippen molar-refractivity contribution in [2.45, 2.75) is 38.3 Å². The van der Waals surface area contributed by atoms with Crippen LogP contribution < -0.4 is 5.32 Å². The zero-order valence-corrected chi connectivity index (χ0v) is 7.29. The number of allylic oxidation sites excluding steroid dienone is 1. The van der Waals surface area contributed by atoms with Gasteiger partial charge < -0.3 is 5.11 Å². The van der Waals surface area contributed by atoms with Crippen LogP contribution in [0.1, 0.15) is 26.2 Å². The maximum atomic E-state index is 10.5. The lowest BCUT2D eigenvalue weighted by atomic mass is 10.0. The van der Waals surface area contributed by atoms with Gasteiger partial charge in [0, 0.05) is 6.04 Å². The number of carboxylic acids is 1. The molecule has 0 fully saturated rings. The summed E-state index contributed by atoms with van der Waals surface area (Å²) < 4.78 is 0. The van der Waals surface area contributed by atoms with Crippen molar-refractivity contribution < 1.29 is 9.90 Å². The number of aliphatic carboxylic acids is 1. The Labute approximate surface area is 72.5 Å². The zero-order valence-electron chi connectivity index (χ0n) is 7.29. The van der Waals surface area contributed by atoms with Crippen molar-refractivity contribution in [2.75, 3.05) is 0 Å². The number of hydrogen-bond acceptors (Lipinski definition) is 2. The third-order valence-corrected chi connectivity index (χ3v) is 2.09. The van der Waals surface area contributed by atoms with E-state index < -0.39 is 12.0 Å². The fourth-order valence-electron chi connectivity index (χ4n) is 1.34. The number of nitrogens with one attached hydrogen (secondary N) is 1. The van der Waals surface area contributed by atoms with Gasteiger partial charge in [0.1, 0.15) is 6.04 Å². The van der Waals surface area contributed by atoms with E-state index in [9.17, 15) is 4.79 Å². The molecule has 1 rings (SSSR count). The standard InChI is InChI=1S/C9H15NO2/c1-7(9(11)12)10-8-5-3-2-4-6-8/h3,5,7-8,10H,2,4,6H2,1H3,(H,11,12). The molecule has 0 aromatic rings. The topological polar surface area (TPSA) is 49.3 Å². The molecular formula is C9H15NO2. The predicted octanol–water partition coefficient (Wildman–Crippen LogP) is 1.16. The van der Waals surface area contributed by atoms with Gasteiger partial charge >= 0.3 is 5.97 Å². The molecule has 68 valence electrons. The normalized spacial score (nSPS) is 25.2. The highest BCUT2D eigenvalue weighted by Gasteiger charge is 2.15. The Morgan fingerprint density at radius 1 is 1.75 bits per heavy atom. The SMILES string of the molecule is CC(NC1C=CCCC1)C(=O)O. The van der Waals surface area contributed by atoms with E-state index in [1.165, 1.54) is 0 Å². The van der Waals surface area contributed by atoms with Gasteiger partial charge in [0.25, 0.3) is 0 Å². The molecule has 0 bridgehead atoms. The maximum absolute atomic E-state index is 10.5. The molecule has 0 radical (unpaired) electrons. The molecule has 0 heterocycles. The lowest BCUT2D eigenvalue weighted by Crippen LogP contribution is -2.40. The summed E-state index contributed by atoms with van der Waals surface area (Å²) in [5.41, 5.74) is 0. The molecule has 0 aliphatic heterocycles. The zero-order chi connectivity index (χ0) is 8.97. The first-order valence-corrected chi connectivity index (χ1v) is 4.35. The molecule has 3 heteroatoms. The summed E-state index contributed by atoms with van der Waals surface area (Å²) in [6.45, 7) is 1.67. The summed E-state index contributed by atoms with van der Waals surface area (Å²) >= 11 is 0. The van der Waals surface area contributed by atoms with Crippen LogP contribution >= 0.6 is 0 Å². The molecule has 0 saturated carbocycles. The molecule has 2 atom stereocenters. The Morgan fingerprint density at radius 2 is 2.50 bits per heavy atom. The largest absolute Gasteiger partial charge is 0.480 e. The summed E-state index contributed by atoms with van der Waals surface area (Å²) in [6, 6.07) is -0.192. The van der Waals surface area contributed by atoms with Crippen LogP contribution in [0.4, 0.5) is 0 Å². The van der Waals surface area contributed by atoms with Gasteiger partial charge in [-0.3, -0.25) is 10.1 Å². The third-order valence-electron chi connectivity index (χ3n) is 2.09. The summed E-state index contributed by atoms with van der Waals surface area (Å²) in [5.74, 6) is -0.783. The molecule has 0 aromatic heterocycles. The van der Waals surface area contributed by atoms with Crippen LogP contribution in [-0.2, 0) is 4.79 Å². The molecule has 0 spiro atoms. The minimum atomic E-state index is -0.783. The number of rotatable bonds is 3. The Balaban J connectivity index is 2.34. The van der Waals surface area contributed by atoms with E-state index in [4.69, 9.17) is 5.11 Å². The highest BCUT2D eigenvalue weighted by Crippen LogP contribution is 2.10. The first-order chi connectivity index (χ1) is 5.70. The molecule has 12 heavy (non-hydrogen) atoms. The van der Waals surface area contributed by atoms with Crippen LogP contribution in [-0.4, -0.2) is 23.2 Å². The van der Waals surface area contributed by atoms with E-state index in [-0.39, 0.29) is 6.04 Å². The summed E-state index contributed by atoms with van der Waals surface area (Å²) in [7, 11) is 0. The first kappa shape index (κ1) is 9.26. The Bertz CT molecular complexity index is 189. The Kier molecular flexibility index (Phi) is 3.29. The smallest absolute Gasteiger partial charge is 0.320 e. The van der Waals surface area contributed by atoms with Gasteiger partial charge in [0.05, 0.1) is 0 Å². The van der Waals surface area contributed by atoms with Crippen molar-refractivity contribution in [1.29, 1.82) is 0 Å². The summed E-state index contributed by atoms with van der Waals surface area (Å²) in [6.07, 6.45) is 7.49. The van der Waals surface area contributed by atoms with Crippen molar-refractivity contribution in [3.05, 3.63) is 12.2 Å². The van der Waals surface area contributed by atoms with Gasteiger partial charge in [-0.15, -0.1) is 0 Å². The van der Waals surface area contributed by atoms with Gasteiger partial charge in [-0.1, -0.05) is 12.2 Å². The van der Waals surface area contributed by atoms with Crippen LogP contribution in [0.25, 0.3) is 0 Å². The van der Waals surface area contributed by atoms with Gasteiger partial charge in [-0.25, -0.2) is 0 Å². The lowest BCUT2D eigenvalue weighted by Gasteiger charge is -2.20. The highest BCUT2D eigenvalue weighted by atomic mass is 16.4. The summed E-state index contributed by atoms with van der Waals surface area (Å²) in [4.78, 5) is 10.5. The van der Waals surface area contributed by atoms with E-state index in [0.717, 1.165) is 19.3 Å². The van der Waals surface area contributed by atoms with Gasteiger partial charge in [-0.2, -0.15) is 0 Å². The fourth-order valence-corrected chi connectivity index (χ4v) is 1.34. The van der Waals surface area contributed by atoms with E-state index in [2.05, 4.69) is 17.5 Å². The predicted molar refractivity (Wildman–Crippen MR) is 47.0 cm³/mol. The Hall–Kier alpha value is -0.830. The van der Waals surface area contributed by atoms with Crippen LogP contribution in [0.5, 0.6) is 0 Å². The van der Waals surface area contributed by atoms with Crippen LogP contribution in [0.15, 0.2) is 12.2 Å². The van der Waals surface area contributed by atoms with Crippen molar-refractivity contribution in [3.63, 3.8) is 0 Å². The second kappa shape index (κ2) is 4.26. The van der Waals surface area contributed by atoms with Crippen molar-refractivity contribution in [2.24, 2.45) is 0 Å². The van der Waals surface area contributed by atoms with Gasteiger partial charge in [-0.05, 0) is 26.2 Å². The van der Waals surface area contributed by atoms with Crippen LogP contribution in [0.3, 0.4) is 0 Å². The Morgan fingerprint density at radius 3 is 3.00 bits per heavy atom. The van der Waals surface area contributed by atoms with Gasteiger partial charge in [0.15, 0.2) is 0 Å². The number of carbonyl (C=O) groups is 1. The second-order valence-corrected chi connectivity index (χ2v) is 3.19. The van der Waals surface area contributed by atoms with E-state index in [1.54, 1.807) is 6.92 Å². The molecule has 0 aromatic carbocycles. The second-order valence-electron chi connectivity index (χ2n) is 3.19. The quantitative estimate of drug-likeness (QED) is 0.623. The summed E-state index contributed by atoms with van der Waals surface area (Å²) in [5, 5.41) is 11.7. The molecule has 0 saturated heterocycles. The average Bonchev–Trinajstić information content (AvgIpc) is 2.06. The minimum absolute atomic E-state index is 0.254. The lowest BCUT2D eigenvalue weighted by molar-refractivity contribution is -0.139. The maximum Gasteiger partial charge on any atom is 0.320 e. The van der Waals surface area contributed by atoms with Crippen molar-refractivity contribution in [1.82, 2.24) is 5.32 Å². The molecule has 3 nitrogen and oxygen atoms in total. The van der Waals surface area contributed by atoms with Crippen molar-refractivity contribution >= 4 is 5.97 Å². The minimum Gasteiger partial charge on any atom is -0.480 e. The molecule has 0 amide bonds. The van der Waals surface area contributed by atoms with Crippen LogP contribution in [0, 0.1) is 0 Å². The fraction of sp³-hybridized carbons (Fsp3) is 0.667. The van der Waals surface area contributed by atoms with E-state index in [0.29, 0.717) is 0 Å². The monoisotopic (exact) mass is 169 g/mol. The van der Waals surface area contributed by atoms with E-state index >= 15 is 0 Å². The molecule has 1 aliphatic rings. The number of carboxylic acid groups (broad SMARTS) is 1. The molecule has 2 unspecified atom stereocenters. The molecule has 1 aliphatic carbocycles. The average molecular weight is 169 g/mol. The first-order valence-electron chi connectivity index (χ1n) is 4.35. The molecule has 2 N–H and O–H groups in total. The number of hydrogen-bond donors (Lipinski definition) is 2. The van der Waals surface area contributed by atoms with E-state index in [1.807, 2.05) is 0 Å². The van der Waals surface area contributed by atoms with Crippen LogP contribution in [0.2, 0.25) is 0 Å². The highest BCUT2D eigenvalue weighted by molar-refractivity contribution is 5.72. The van der Waals surface area contributed by atoms with Crippen molar-refractivity contribution in [3.8, 4) is 0 Å².